The van der Waals surface area contributed by atoms with Crippen LogP contribution in [0, 0.1) is 6.92 Å². The van der Waals surface area contributed by atoms with Gasteiger partial charge in [-0.1, -0.05) is 24.3 Å². The Balaban J connectivity index is 2.31. The predicted molar refractivity (Wildman–Crippen MR) is 80.8 cm³/mol. The van der Waals surface area contributed by atoms with Gasteiger partial charge in [-0.2, -0.15) is 0 Å². The molecule has 1 N–H and O–H groups in total. The number of ether oxygens (including phenoxy) is 2. The van der Waals surface area contributed by atoms with Gasteiger partial charge in [0.1, 0.15) is 0 Å². The first-order valence-electron chi connectivity index (χ1n) is 7.04. The van der Waals surface area contributed by atoms with E-state index in [1.54, 1.807) is 7.11 Å². The van der Waals surface area contributed by atoms with Crippen molar-refractivity contribution in [1.29, 1.82) is 0 Å². The molecule has 0 bridgehead atoms. The maximum Gasteiger partial charge on any atom is 0.0900 e. The van der Waals surface area contributed by atoms with Crippen molar-refractivity contribution in [3.05, 3.63) is 35.4 Å². The SMILES string of the molecule is COCC(C)OCC(O)CN(C)Cc1ccccc1C. The summed E-state index contributed by atoms with van der Waals surface area (Å²) in [4.78, 5) is 2.11. The summed E-state index contributed by atoms with van der Waals surface area (Å²) in [6.45, 7) is 6.35. The maximum absolute atomic E-state index is 9.98. The van der Waals surface area contributed by atoms with Crippen molar-refractivity contribution in [3.63, 3.8) is 0 Å². The molecule has 0 saturated carbocycles. The first kappa shape index (κ1) is 17.1. The first-order chi connectivity index (χ1) is 9.52. The van der Waals surface area contributed by atoms with E-state index in [4.69, 9.17) is 9.47 Å². The predicted octanol–water partition coefficient (Wildman–Crippen LogP) is 1.84. The molecule has 2 unspecified atom stereocenters. The van der Waals surface area contributed by atoms with Gasteiger partial charge < -0.3 is 14.6 Å². The molecular formula is C16H27NO3. The molecule has 0 saturated heterocycles. The molecule has 0 spiro atoms. The minimum Gasteiger partial charge on any atom is -0.389 e. The van der Waals surface area contributed by atoms with Crippen molar-refractivity contribution in [2.45, 2.75) is 32.6 Å². The summed E-state index contributed by atoms with van der Waals surface area (Å²) in [6.07, 6.45) is -0.473. The summed E-state index contributed by atoms with van der Waals surface area (Å²) in [5.74, 6) is 0. The molecule has 1 aromatic rings. The maximum atomic E-state index is 9.98. The molecule has 0 heterocycles. The summed E-state index contributed by atoms with van der Waals surface area (Å²) < 4.78 is 10.5. The van der Waals surface area contributed by atoms with Gasteiger partial charge in [-0.05, 0) is 32.0 Å². The Morgan fingerprint density at radius 2 is 1.95 bits per heavy atom. The molecule has 114 valence electrons. The van der Waals surface area contributed by atoms with Crippen LogP contribution in [0.4, 0.5) is 0 Å². The number of nitrogens with zero attached hydrogens (tertiary/aromatic N) is 1. The summed E-state index contributed by atoms with van der Waals surface area (Å²) in [6, 6.07) is 8.31. The highest BCUT2D eigenvalue weighted by Crippen LogP contribution is 2.09. The fraction of sp³-hybridized carbons (Fsp3) is 0.625. The molecule has 0 radical (unpaired) electrons. The van der Waals surface area contributed by atoms with E-state index >= 15 is 0 Å². The van der Waals surface area contributed by atoms with Gasteiger partial charge >= 0.3 is 0 Å². The van der Waals surface area contributed by atoms with Crippen LogP contribution >= 0.6 is 0 Å². The van der Waals surface area contributed by atoms with E-state index in [0.717, 1.165) is 6.54 Å². The van der Waals surface area contributed by atoms with Crippen LogP contribution in [-0.4, -0.2) is 56.1 Å². The molecule has 0 aliphatic carbocycles. The molecule has 1 rings (SSSR count). The molecule has 20 heavy (non-hydrogen) atoms. The van der Waals surface area contributed by atoms with Crippen LogP contribution in [0.2, 0.25) is 0 Å². The topological polar surface area (TPSA) is 41.9 Å². The summed E-state index contributed by atoms with van der Waals surface area (Å²) in [5, 5.41) is 9.98. The van der Waals surface area contributed by atoms with Gasteiger partial charge in [-0.15, -0.1) is 0 Å². The van der Waals surface area contributed by atoms with Gasteiger partial charge in [0.15, 0.2) is 0 Å². The number of hydrogen-bond donors (Lipinski definition) is 1. The van der Waals surface area contributed by atoms with Crippen LogP contribution in [0.5, 0.6) is 0 Å². The fourth-order valence-electron chi connectivity index (χ4n) is 2.11. The summed E-state index contributed by atoms with van der Waals surface area (Å²) in [7, 11) is 3.65. The van der Waals surface area contributed by atoms with Crippen LogP contribution < -0.4 is 0 Å². The Morgan fingerprint density at radius 3 is 2.60 bits per heavy atom. The molecule has 1 aromatic carbocycles. The van der Waals surface area contributed by atoms with Crippen molar-refractivity contribution < 1.29 is 14.6 Å². The van der Waals surface area contributed by atoms with Gasteiger partial charge in [0.05, 0.1) is 25.4 Å². The molecule has 0 amide bonds. The third-order valence-corrected chi connectivity index (χ3v) is 3.20. The second-order valence-electron chi connectivity index (χ2n) is 5.38. The molecule has 4 nitrogen and oxygen atoms in total. The first-order valence-corrected chi connectivity index (χ1v) is 7.04. The largest absolute Gasteiger partial charge is 0.389 e. The van der Waals surface area contributed by atoms with Gasteiger partial charge in [0.2, 0.25) is 0 Å². The highest BCUT2D eigenvalue weighted by Gasteiger charge is 2.11. The van der Waals surface area contributed by atoms with E-state index in [0.29, 0.717) is 19.8 Å². The lowest BCUT2D eigenvalue weighted by atomic mass is 10.1. The standard InChI is InChI=1S/C16H27NO3/c1-13-7-5-6-8-15(13)9-17(3)10-16(18)12-20-14(2)11-19-4/h5-8,14,16,18H,9-12H2,1-4H3. The van der Waals surface area contributed by atoms with Crippen LogP contribution in [0.1, 0.15) is 18.1 Å². The zero-order valence-corrected chi connectivity index (χ0v) is 13.0. The van der Waals surface area contributed by atoms with Crippen LogP contribution in [0.3, 0.4) is 0 Å². The molecular weight excluding hydrogens is 254 g/mol. The zero-order chi connectivity index (χ0) is 15.0. The van der Waals surface area contributed by atoms with E-state index in [1.807, 2.05) is 26.1 Å². The van der Waals surface area contributed by atoms with Gasteiger partial charge in [-0.25, -0.2) is 0 Å². The van der Waals surface area contributed by atoms with Crippen molar-refractivity contribution in [2.24, 2.45) is 0 Å². The lowest BCUT2D eigenvalue weighted by Crippen LogP contribution is -2.33. The van der Waals surface area contributed by atoms with Crippen molar-refractivity contribution in [1.82, 2.24) is 4.90 Å². The Labute approximate surface area is 122 Å². The van der Waals surface area contributed by atoms with Crippen molar-refractivity contribution >= 4 is 0 Å². The normalized spacial score (nSPS) is 14.5. The molecule has 0 aromatic heterocycles. The molecule has 0 aliphatic rings. The second-order valence-corrected chi connectivity index (χ2v) is 5.38. The summed E-state index contributed by atoms with van der Waals surface area (Å²) in [5.41, 5.74) is 2.56. The molecule has 0 aliphatic heterocycles. The number of hydrogen-bond acceptors (Lipinski definition) is 4. The van der Waals surface area contributed by atoms with E-state index in [1.165, 1.54) is 11.1 Å². The van der Waals surface area contributed by atoms with Crippen LogP contribution in [-0.2, 0) is 16.0 Å². The fourth-order valence-corrected chi connectivity index (χ4v) is 2.11. The van der Waals surface area contributed by atoms with E-state index in [2.05, 4.69) is 24.0 Å². The Morgan fingerprint density at radius 1 is 1.25 bits per heavy atom. The number of aliphatic hydroxyl groups excluding tert-OH is 1. The van der Waals surface area contributed by atoms with Crippen LogP contribution in [0.15, 0.2) is 24.3 Å². The van der Waals surface area contributed by atoms with Gasteiger partial charge in [-0.3, -0.25) is 4.90 Å². The molecule has 2 atom stereocenters. The molecule has 0 fully saturated rings. The number of likely N-dealkylation sites (N-methyl/N-ethyl adjacent to an activating group) is 1. The highest BCUT2D eigenvalue weighted by molar-refractivity contribution is 5.25. The van der Waals surface area contributed by atoms with Crippen molar-refractivity contribution in [2.75, 3.05) is 33.9 Å². The lowest BCUT2D eigenvalue weighted by Gasteiger charge is -2.22. The molecule has 4 heteroatoms. The number of aliphatic hydroxyl groups is 1. The van der Waals surface area contributed by atoms with Gasteiger partial charge in [0.25, 0.3) is 0 Å². The number of methoxy groups -OCH3 is 1. The summed E-state index contributed by atoms with van der Waals surface area (Å²) >= 11 is 0. The third-order valence-electron chi connectivity index (χ3n) is 3.20. The minimum absolute atomic E-state index is 0.0105. The van der Waals surface area contributed by atoms with Crippen molar-refractivity contribution in [3.8, 4) is 0 Å². The lowest BCUT2D eigenvalue weighted by molar-refractivity contribution is -0.0385. The average Bonchev–Trinajstić information content (AvgIpc) is 2.39. The van der Waals surface area contributed by atoms with E-state index in [9.17, 15) is 5.11 Å². The average molecular weight is 281 g/mol. The number of aryl methyl sites for hydroxylation is 1. The zero-order valence-electron chi connectivity index (χ0n) is 13.0. The Hall–Kier alpha value is -0.940. The van der Waals surface area contributed by atoms with Gasteiger partial charge in [0, 0.05) is 20.2 Å². The highest BCUT2D eigenvalue weighted by atomic mass is 16.5. The monoisotopic (exact) mass is 281 g/mol. The second kappa shape index (κ2) is 9.08. The number of benzene rings is 1. The Kier molecular flexibility index (Phi) is 7.77. The smallest absolute Gasteiger partial charge is 0.0900 e. The quantitative estimate of drug-likeness (QED) is 0.750. The van der Waals surface area contributed by atoms with Crippen LogP contribution in [0.25, 0.3) is 0 Å². The number of rotatable bonds is 9. The third kappa shape index (κ3) is 6.48. The van der Waals surface area contributed by atoms with E-state index < -0.39 is 6.10 Å². The Bertz CT molecular complexity index is 384. The minimum atomic E-state index is -0.483. The van der Waals surface area contributed by atoms with E-state index in [-0.39, 0.29) is 6.10 Å².